The Morgan fingerprint density at radius 2 is 2.25 bits per heavy atom. The maximum Gasteiger partial charge on any atom is 0.250 e. The van der Waals surface area contributed by atoms with Crippen LogP contribution in [0.4, 0.5) is 5.69 Å². The molecular formula is C8H10N2OS. The lowest BCUT2D eigenvalue weighted by Gasteiger charge is -2.02. The Balaban J connectivity index is 3.37. The van der Waals surface area contributed by atoms with Crippen LogP contribution in [0.15, 0.2) is 22.6 Å². The van der Waals surface area contributed by atoms with E-state index in [0.717, 1.165) is 5.56 Å². The van der Waals surface area contributed by atoms with Crippen molar-refractivity contribution in [2.24, 2.45) is 10.1 Å². The Kier molecular flexibility index (Phi) is 2.60. The second-order valence-electron chi connectivity index (χ2n) is 2.45. The van der Waals surface area contributed by atoms with Gasteiger partial charge in [-0.1, -0.05) is 12.1 Å². The minimum Gasteiger partial charge on any atom is -0.366 e. The molecule has 0 saturated heterocycles. The molecule has 4 heteroatoms. The molecular weight excluding hydrogens is 172 g/mol. The SMILES string of the molecule is Cc1cccc(C(N)=O)c1N=[SH2]. The number of nitrogens with two attached hydrogens (primary N) is 1. The lowest BCUT2D eigenvalue weighted by Crippen LogP contribution is -2.11. The van der Waals surface area contributed by atoms with E-state index in [-0.39, 0.29) is 0 Å². The van der Waals surface area contributed by atoms with Gasteiger partial charge in [0, 0.05) is 0 Å². The average Bonchev–Trinajstić information content (AvgIpc) is 2.03. The van der Waals surface area contributed by atoms with Gasteiger partial charge in [-0.15, -0.1) is 12.4 Å². The number of rotatable bonds is 2. The normalized spacial score (nSPS) is 9.50. The topological polar surface area (TPSA) is 55.5 Å². The van der Waals surface area contributed by atoms with Crippen molar-refractivity contribution in [2.75, 3.05) is 0 Å². The average molecular weight is 182 g/mol. The molecule has 2 N–H and O–H groups in total. The highest BCUT2D eigenvalue weighted by molar-refractivity contribution is 7.47. The van der Waals surface area contributed by atoms with Crippen LogP contribution in [0, 0.1) is 6.92 Å². The number of carbonyl (C=O) groups excluding carboxylic acids is 1. The molecule has 0 fully saturated rings. The summed E-state index contributed by atoms with van der Waals surface area (Å²) < 4.78 is 3.80. The van der Waals surface area contributed by atoms with Gasteiger partial charge in [0.2, 0.25) is 0 Å². The van der Waals surface area contributed by atoms with Gasteiger partial charge in [-0.25, -0.2) is 4.36 Å². The highest BCUT2D eigenvalue weighted by Crippen LogP contribution is 2.22. The van der Waals surface area contributed by atoms with Gasteiger partial charge in [0.25, 0.3) is 5.91 Å². The Bertz CT molecular complexity index is 336. The molecule has 0 heterocycles. The molecule has 1 aromatic carbocycles. The van der Waals surface area contributed by atoms with Crippen molar-refractivity contribution in [2.45, 2.75) is 6.92 Å². The number of benzene rings is 1. The molecule has 12 heavy (non-hydrogen) atoms. The number of carbonyl (C=O) groups is 1. The van der Waals surface area contributed by atoms with E-state index in [1.54, 1.807) is 12.1 Å². The third-order valence-electron chi connectivity index (χ3n) is 1.62. The zero-order chi connectivity index (χ0) is 9.14. The van der Waals surface area contributed by atoms with Crippen LogP contribution in [0.3, 0.4) is 0 Å². The monoisotopic (exact) mass is 182 g/mol. The third-order valence-corrected chi connectivity index (χ3v) is 1.84. The van der Waals surface area contributed by atoms with E-state index < -0.39 is 5.91 Å². The fourth-order valence-corrected chi connectivity index (χ4v) is 1.30. The number of nitrogens with zero attached hydrogens (tertiary/aromatic N) is 1. The highest BCUT2D eigenvalue weighted by atomic mass is 32.1. The van der Waals surface area contributed by atoms with Crippen LogP contribution in [-0.2, 0) is 12.4 Å². The second kappa shape index (κ2) is 3.49. The molecule has 0 saturated carbocycles. The van der Waals surface area contributed by atoms with Crippen molar-refractivity contribution in [3.05, 3.63) is 29.3 Å². The Labute approximate surface area is 75.8 Å². The minimum absolute atomic E-state index is 0.435. The molecule has 0 atom stereocenters. The van der Waals surface area contributed by atoms with Gasteiger partial charge in [-0.3, -0.25) is 4.79 Å². The van der Waals surface area contributed by atoms with Crippen LogP contribution in [0.5, 0.6) is 0 Å². The maximum absolute atomic E-state index is 10.9. The summed E-state index contributed by atoms with van der Waals surface area (Å²) in [4.78, 5) is 10.9. The first-order valence-corrected chi connectivity index (χ1v) is 3.88. The summed E-state index contributed by atoms with van der Waals surface area (Å²) in [5, 5.41) is 0. The largest absolute Gasteiger partial charge is 0.366 e. The van der Waals surface area contributed by atoms with Gasteiger partial charge < -0.3 is 5.73 Å². The van der Waals surface area contributed by atoms with Gasteiger partial charge in [-0.05, 0) is 18.6 Å². The van der Waals surface area contributed by atoms with Gasteiger partial charge in [0.1, 0.15) is 0 Å². The lowest BCUT2D eigenvalue weighted by atomic mass is 10.1. The van der Waals surface area contributed by atoms with Crippen molar-refractivity contribution < 1.29 is 4.79 Å². The summed E-state index contributed by atoms with van der Waals surface area (Å²) in [6.45, 7) is 1.87. The standard InChI is InChI=1S/C8H10N2OS/c1-5-3-2-4-6(8(9)11)7(5)10-12/h2-4H,12H2,1H3,(H2,9,11). The Morgan fingerprint density at radius 1 is 1.58 bits per heavy atom. The summed E-state index contributed by atoms with van der Waals surface area (Å²) in [6, 6.07) is 5.29. The van der Waals surface area contributed by atoms with Crippen LogP contribution in [0.1, 0.15) is 15.9 Å². The first kappa shape index (κ1) is 8.93. The van der Waals surface area contributed by atoms with Crippen molar-refractivity contribution >= 4 is 24.0 Å². The molecule has 0 spiro atoms. The van der Waals surface area contributed by atoms with E-state index in [2.05, 4.69) is 16.8 Å². The van der Waals surface area contributed by atoms with E-state index in [1.807, 2.05) is 13.0 Å². The van der Waals surface area contributed by atoms with E-state index in [4.69, 9.17) is 5.73 Å². The Hall–Kier alpha value is -1.16. The van der Waals surface area contributed by atoms with Gasteiger partial charge in [-0.2, -0.15) is 0 Å². The minimum atomic E-state index is -0.462. The third kappa shape index (κ3) is 1.53. The van der Waals surface area contributed by atoms with Gasteiger partial charge >= 0.3 is 0 Å². The molecule has 1 rings (SSSR count). The summed E-state index contributed by atoms with van der Waals surface area (Å²) in [6.07, 6.45) is 0. The van der Waals surface area contributed by atoms with Gasteiger partial charge in [0.15, 0.2) is 0 Å². The number of amides is 1. The zero-order valence-electron chi connectivity index (χ0n) is 6.66. The van der Waals surface area contributed by atoms with Crippen molar-refractivity contribution in [3.63, 3.8) is 0 Å². The number of primary amides is 1. The molecule has 1 aromatic rings. The number of hydrogen-bond acceptors (Lipinski definition) is 2. The molecule has 0 aliphatic heterocycles. The number of hydrogen-bond donors (Lipinski definition) is 1. The van der Waals surface area contributed by atoms with E-state index in [9.17, 15) is 4.79 Å². The van der Waals surface area contributed by atoms with Crippen molar-refractivity contribution in [1.29, 1.82) is 0 Å². The molecule has 0 radical (unpaired) electrons. The van der Waals surface area contributed by atoms with E-state index in [1.165, 1.54) is 0 Å². The van der Waals surface area contributed by atoms with Crippen molar-refractivity contribution in [1.82, 2.24) is 0 Å². The van der Waals surface area contributed by atoms with Crippen LogP contribution in [0.25, 0.3) is 0 Å². The van der Waals surface area contributed by atoms with E-state index >= 15 is 0 Å². The van der Waals surface area contributed by atoms with Crippen LogP contribution in [-0.4, -0.2) is 5.91 Å². The Morgan fingerprint density at radius 3 is 2.67 bits per heavy atom. The predicted molar refractivity (Wildman–Crippen MR) is 51.9 cm³/mol. The summed E-state index contributed by atoms with van der Waals surface area (Å²) in [5.74, 6) is -0.462. The molecule has 0 aromatic heterocycles. The zero-order valence-corrected chi connectivity index (χ0v) is 7.66. The lowest BCUT2D eigenvalue weighted by molar-refractivity contribution is 0.100. The van der Waals surface area contributed by atoms with Crippen LogP contribution < -0.4 is 5.73 Å². The number of aryl methyl sites for hydroxylation is 1. The maximum atomic E-state index is 10.9. The molecule has 0 bridgehead atoms. The first-order valence-electron chi connectivity index (χ1n) is 3.43. The fraction of sp³-hybridized carbons (Fsp3) is 0.125. The summed E-state index contributed by atoms with van der Waals surface area (Å²) >= 11 is 2.99. The van der Waals surface area contributed by atoms with Crippen molar-refractivity contribution in [3.8, 4) is 0 Å². The molecule has 1 amide bonds. The second-order valence-corrected chi connectivity index (χ2v) is 2.67. The highest BCUT2D eigenvalue weighted by Gasteiger charge is 2.07. The molecule has 0 aliphatic carbocycles. The predicted octanol–water partition coefficient (Wildman–Crippen LogP) is 0.921. The van der Waals surface area contributed by atoms with Gasteiger partial charge in [0.05, 0.1) is 11.3 Å². The van der Waals surface area contributed by atoms with Crippen LogP contribution in [0.2, 0.25) is 0 Å². The smallest absolute Gasteiger partial charge is 0.250 e. The quantitative estimate of drug-likeness (QED) is 0.726. The first-order chi connectivity index (χ1) is 5.66. The molecule has 3 nitrogen and oxygen atoms in total. The molecule has 0 unspecified atom stereocenters. The summed E-state index contributed by atoms with van der Waals surface area (Å²) in [5.41, 5.74) is 7.09. The molecule has 0 aliphatic rings. The summed E-state index contributed by atoms with van der Waals surface area (Å²) in [7, 11) is 0. The fourth-order valence-electron chi connectivity index (χ4n) is 1.01. The van der Waals surface area contributed by atoms with Crippen LogP contribution >= 0.6 is 0 Å². The van der Waals surface area contributed by atoms with E-state index in [0.29, 0.717) is 11.3 Å². The molecule has 64 valence electrons.